The Hall–Kier alpha value is -0.160. The van der Waals surface area contributed by atoms with E-state index in [1.54, 1.807) is 0 Å². The van der Waals surface area contributed by atoms with Crippen LogP contribution in [0.5, 0.6) is 0 Å². The van der Waals surface area contributed by atoms with Gasteiger partial charge in [-0.2, -0.15) is 0 Å². The van der Waals surface area contributed by atoms with Crippen LogP contribution >= 0.6 is 0 Å². The molecule has 4 heteroatoms. The molecule has 1 aliphatic rings. The van der Waals surface area contributed by atoms with Crippen molar-refractivity contribution in [1.29, 1.82) is 0 Å². The van der Waals surface area contributed by atoms with Crippen LogP contribution < -0.4 is 16.9 Å². The predicted molar refractivity (Wildman–Crippen MR) is 36.1 cm³/mol. The molecule has 0 aromatic rings. The molecule has 1 unspecified atom stereocenters. The number of nitrogens with zero attached hydrogens (tertiary/aromatic N) is 1. The van der Waals surface area contributed by atoms with Crippen LogP contribution in [0.4, 0.5) is 0 Å². The molecule has 54 valence electrons. The second-order valence-electron chi connectivity index (χ2n) is 2.44. The van der Waals surface area contributed by atoms with Crippen molar-refractivity contribution in [3.05, 3.63) is 0 Å². The van der Waals surface area contributed by atoms with E-state index in [0.717, 1.165) is 13.0 Å². The molecule has 5 N–H and O–H groups in total. The van der Waals surface area contributed by atoms with Gasteiger partial charge in [0, 0.05) is 12.6 Å². The largest absolute Gasteiger partial charge is 0.303 e. The summed E-state index contributed by atoms with van der Waals surface area (Å²) >= 11 is 0. The third-order valence-corrected chi connectivity index (χ3v) is 1.65. The zero-order valence-electron chi connectivity index (χ0n) is 5.67. The van der Waals surface area contributed by atoms with Crippen molar-refractivity contribution in [2.75, 3.05) is 6.54 Å². The zero-order chi connectivity index (χ0) is 6.85. The molecule has 0 spiro atoms. The second-order valence-corrected chi connectivity index (χ2v) is 2.44. The van der Waals surface area contributed by atoms with Crippen LogP contribution in [0, 0.1) is 0 Å². The number of nitrogens with one attached hydrogen (secondary N) is 1. The highest BCUT2D eigenvalue weighted by atomic mass is 15.6. The summed E-state index contributed by atoms with van der Waals surface area (Å²) in [6.45, 7) is 3.10. The first kappa shape index (κ1) is 6.95. The summed E-state index contributed by atoms with van der Waals surface area (Å²) in [6.07, 6.45) is 0.771. The molecule has 0 aromatic carbocycles. The molecule has 0 radical (unpaired) electrons. The Bertz CT molecular complexity index is 93.0. The second kappa shape index (κ2) is 2.62. The Morgan fingerprint density at radius 3 is 2.56 bits per heavy atom. The minimum absolute atomic E-state index is 0.359. The molecule has 1 saturated heterocycles. The molecule has 1 atom stereocenters. The van der Waals surface area contributed by atoms with E-state index in [1.807, 2.05) is 5.01 Å². The zero-order valence-corrected chi connectivity index (χ0v) is 5.67. The maximum atomic E-state index is 5.43. The van der Waals surface area contributed by atoms with E-state index >= 15 is 0 Å². The van der Waals surface area contributed by atoms with Gasteiger partial charge < -0.3 is 11.5 Å². The highest BCUT2D eigenvalue weighted by molar-refractivity contribution is 4.72. The first-order chi connectivity index (χ1) is 4.22. The van der Waals surface area contributed by atoms with Crippen LogP contribution in [-0.2, 0) is 0 Å². The van der Waals surface area contributed by atoms with Gasteiger partial charge in [0.1, 0.15) is 6.29 Å². The van der Waals surface area contributed by atoms with Crippen LogP contribution in [0.2, 0.25) is 0 Å². The third kappa shape index (κ3) is 1.40. The fourth-order valence-corrected chi connectivity index (χ4v) is 1.10. The predicted octanol–water partition coefficient (Wildman–Crippen LogP) is -1.21. The van der Waals surface area contributed by atoms with E-state index in [4.69, 9.17) is 11.5 Å². The van der Waals surface area contributed by atoms with Gasteiger partial charge in [0.25, 0.3) is 0 Å². The average molecular weight is 130 g/mol. The molecule has 0 saturated carbocycles. The summed E-state index contributed by atoms with van der Waals surface area (Å²) in [6, 6.07) is 0.477. The SMILES string of the molecule is CC1CCNN1C(N)N. The number of hydrogen-bond donors (Lipinski definition) is 3. The smallest absolute Gasteiger partial charge is 0.122 e. The van der Waals surface area contributed by atoms with Crippen molar-refractivity contribution in [3.63, 3.8) is 0 Å². The molecule has 1 rings (SSSR count). The Morgan fingerprint density at radius 1 is 1.67 bits per heavy atom. The Balaban J connectivity index is 2.40. The number of rotatable bonds is 1. The van der Waals surface area contributed by atoms with Crippen molar-refractivity contribution in [2.45, 2.75) is 25.7 Å². The maximum Gasteiger partial charge on any atom is 0.122 e. The Kier molecular flexibility index (Phi) is 2.02. The third-order valence-electron chi connectivity index (χ3n) is 1.65. The lowest BCUT2D eigenvalue weighted by molar-refractivity contribution is 0.136. The van der Waals surface area contributed by atoms with Crippen molar-refractivity contribution in [2.24, 2.45) is 11.5 Å². The van der Waals surface area contributed by atoms with Crippen molar-refractivity contribution in [3.8, 4) is 0 Å². The van der Waals surface area contributed by atoms with Crippen LogP contribution in [0.3, 0.4) is 0 Å². The summed E-state index contributed by atoms with van der Waals surface area (Å²) in [4.78, 5) is 0. The molecule has 0 amide bonds. The van der Waals surface area contributed by atoms with Gasteiger partial charge in [-0.1, -0.05) is 0 Å². The summed E-state index contributed by atoms with van der Waals surface area (Å²) in [7, 11) is 0. The fraction of sp³-hybridized carbons (Fsp3) is 1.00. The molecule has 1 aliphatic heterocycles. The first-order valence-corrected chi connectivity index (χ1v) is 3.25. The minimum atomic E-state index is -0.359. The maximum absolute atomic E-state index is 5.43. The van der Waals surface area contributed by atoms with E-state index in [1.165, 1.54) is 0 Å². The number of hydrogen-bond acceptors (Lipinski definition) is 4. The summed E-state index contributed by atoms with van der Waals surface area (Å²) in [5.74, 6) is 0. The lowest BCUT2D eigenvalue weighted by atomic mass is 10.3. The Labute approximate surface area is 55.2 Å². The minimum Gasteiger partial charge on any atom is -0.303 e. The first-order valence-electron chi connectivity index (χ1n) is 3.25. The number of hydrazine groups is 1. The highest BCUT2D eigenvalue weighted by Crippen LogP contribution is 2.06. The van der Waals surface area contributed by atoms with E-state index in [-0.39, 0.29) is 6.29 Å². The molecule has 9 heavy (non-hydrogen) atoms. The van der Waals surface area contributed by atoms with Gasteiger partial charge in [0.05, 0.1) is 0 Å². The van der Waals surface area contributed by atoms with Gasteiger partial charge in [-0.3, -0.25) is 5.43 Å². The quantitative estimate of drug-likeness (QED) is 0.389. The topological polar surface area (TPSA) is 67.3 Å². The van der Waals surface area contributed by atoms with E-state index < -0.39 is 0 Å². The van der Waals surface area contributed by atoms with Gasteiger partial charge in [0.2, 0.25) is 0 Å². The lowest BCUT2D eigenvalue weighted by Crippen LogP contribution is -2.54. The fourth-order valence-electron chi connectivity index (χ4n) is 1.10. The molecule has 1 fully saturated rings. The summed E-state index contributed by atoms with van der Waals surface area (Å²) < 4.78 is 0. The van der Waals surface area contributed by atoms with Gasteiger partial charge in [-0.05, 0) is 13.3 Å². The van der Waals surface area contributed by atoms with Crippen molar-refractivity contribution >= 4 is 0 Å². The number of nitrogens with two attached hydrogens (primary N) is 2. The van der Waals surface area contributed by atoms with Crippen LogP contribution in [-0.4, -0.2) is 23.9 Å². The normalized spacial score (nSPS) is 30.0. The van der Waals surface area contributed by atoms with Crippen molar-refractivity contribution < 1.29 is 0 Å². The Morgan fingerprint density at radius 2 is 2.33 bits per heavy atom. The van der Waals surface area contributed by atoms with E-state index in [9.17, 15) is 0 Å². The van der Waals surface area contributed by atoms with Gasteiger partial charge >= 0.3 is 0 Å². The van der Waals surface area contributed by atoms with Crippen LogP contribution in [0.1, 0.15) is 13.3 Å². The van der Waals surface area contributed by atoms with Crippen molar-refractivity contribution in [1.82, 2.24) is 10.4 Å². The molecule has 0 aromatic heterocycles. The lowest BCUT2D eigenvalue weighted by Gasteiger charge is -2.23. The highest BCUT2D eigenvalue weighted by Gasteiger charge is 2.22. The summed E-state index contributed by atoms with van der Waals surface area (Å²) in [5, 5.41) is 1.88. The van der Waals surface area contributed by atoms with Gasteiger partial charge in [0.15, 0.2) is 0 Å². The van der Waals surface area contributed by atoms with Crippen LogP contribution in [0.25, 0.3) is 0 Å². The molecule has 0 bridgehead atoms. The van der Waals surface area contributed by atoms with Gasteiger partial charge in [-0.15, -0.1) is 0 Å². The molecule has 4 nitrogen and oxygen atoms in total. The molecular formula is C5H14N4. The van der Waals surface area contributed by atoms with E-state index in [0.29, 0.717) is 6.04 Å². The van der Waals surface area contributed by atoms with E-state index in [2.05, 4.69) is 12.3 Å². The van der Waals surface area contributed by atoms with Crippen LogP contribution in [0.15, 0.2) is 0 Å². The van der Waals surface area contributed by atoms with Gasteiger partial charge in [-0.25, -0.2) is 5.01 Å². The average Bonchev–Trinajstić information content (AvgIpc) is 2.13. The molecule has 0 aliphatic carbocycles. The standard InChI is InChI=1S/C5H14N4/c1-4-2-3-8-9(4)5(6)7/h4-5,8H,2-3,6-7H2,1H3. The summed E-state index contributed by atoms with van der Waals surface area (Å²) in [5.41, 5.74) is 13.9. The monoisotopic (exact) mass is 130 g/mol. The molecule has 1 heterocycles. The molecular weight excluding hydrogens is 116 g/mol.